The van der Waals surface area contributed by atoms with Gasteiger partial charge in [0.05, 0.1) is 17.0 Å². The minimum Gasteiger partial charge on any atom is -0.454 e. The number of fused-ring (bicyclic) bond motifs is 1. The second kappa shape index (κ2) is 6.86. The van der Waals surface area contributed by atoms with E-state index in [0.717, 1.165) is 12.1 Å². The number of amides is 1. The van der Waals surface area contributed by atoms with Crippen molar-refractivity contribution in [2.45, 2.75) is 19.0 Å². The third kappa shape index (κ3) is 3.84. The first kappa shape index (κ1) is 18.6. The summed E-state index contributed by atoms with van der Waals surface area (Å²) in [5.74, 6) is -2.13. The summed E-state index contributed by atoms with van der Waals surface area (Å²) in [4.78, 5) is 35.8. The van der Waals surface area contributed by atoms with E-state index in [1.54, 1.807) is 19.1 Å². The molecule has 1 N–H and O–H groups in total. The van der Waals surface area contributed by atoms with E-state index >= 15 is 0 Å². The summed E-state index contributed by atoms with van der Waals surface area (Å²) in [7, 11) is 0. The highest BCUT2D eigenvalue weighted by Crippen LogP contribution is 2.33. The Hall–Kier alpha value is -3.16. The van der Waals surface area contributed by atoms with Gasteiger partial charge >= 0.3 is 12.1 Å². The molecule has 0 saturated carbocycles. The Bertz CT molecular complexity index is 937. The number of hydrogen-bond acceptors (Lipinski definition) is 4. The third-order valence-corrected chi connectivity index (χ3v) is 4.25. The summed E-state index contributed by atoms with van der Waals surface area (Å²) in [6.45, 7) is 1.08. The number of rotatable bonds is 4. The number of anilines is 1. The molecule has 3 rings (SSSR count). The molecule has 0 radical (unpaired) electrons. The van der Waals surface area contributed by atoms with Gasteiger partial charge in [0.2, 0.25) is 5.91 Å². The third-order valence-electron chi connectivity index (χ3n) is 4.25. The first-order chi connectivity index (χ1) is 12.7. The van der Waals surface area contributed by atoms with Crippen LogP contribution in [0, 0.1) is 0 Å². The summed E-state index contributed by atoms with van der Waals surface area (Å²) in [5.41, 5.74) is 0.247. The number of ketones is 1. The zero-order chi connectivity index (χ0) is 19.8. The molecule has 0 aliphatic carbocycles. The maximum Gasteiger partial charge on any atom is 0.416 e. The standard InChI is InChI=1S/C19H14F3NO4/c1-10-14-8-11(5-6-15(14)23-17(10)25)16(24)9-27-18(26)12-3-2-4-13(7-12)19(20,21)22/h2-8,10H,9H2,1H3,(H,23,25)/t10-/m0/s1. The van der Waals surface area contributed by atoms with E-state index < -0.39 is 36.0 Å². The van der Waals surface area contributed by atoms with Crippen LogP contribution in [-0.2, 0) is 15.7 Å². The van der Waals surface area contributed by atoms with Crippen molar-refractivity contribution in [2.24, 2.45) is 0 Å². The van der Waals surface area contributed by atoms with E-state index in [-0.39, 0.29) is 17.0 Å². The van der Waals surface area contributed by atoms with Crippen LogP contribution < -0.4 is 5.32 Å². The molecule has 2 aromatic rings. The number of esters is 1. The van der Waals surface area contributed by atoms with E-state index in [1.807, 2.05) is 0 Å². The highest BCUT2D eigenvalue weighted by molar-refractivity contribution is 6.05. The predicted molar refractivity (Wildman–Crippen MR) is 89.5 cm³/mol. The maximum absolute atomic E-state index is 12.7. The molecule has 5 nitrogen and oxygen atoms in total. The van der Waals surface area contributed by atoms with Gasteiger partial charge < -0.3 is 10.1 Å². The van der Waals surface area contributed by atoms with Crippen LogP contribution in [0.1, 0.15) is 44.7 Å². The van der Waals surface area contributed by atoms with Gasteiger partial charge in [-0.15, -0.1) is 0 Å². The fourth-order valence-corrected chi connectivity index (χ4v) is 2.71. The van der Waals surface area contributed by atoms with Gasteiger partial charge in [0, 0.05) is 11.3 Å². The van der Waals surface area contributed by atoms with Crippen LogP contribution in [0.5, 0.6) is 0 Å². The van der Waals surface area contributed by atoms with Crippen molar-refractivity contribution in [3.8, 4) is 0 Å². The highest BCUT2D eigenvalue weighted by Gasteiger charge is 2.31. The zero-order valence-corrected chi connectivity index (χ0v) is 14.1. The molecule has 0 saturated heterocycles. The van der Waals surface area contributed by atoms with Crippen LogP contribution in [0.2, 0.25) is 0 Å². The molecule has 2 aromatic carbocycles. The lowest BCUT2D eigenvalue weighted by atomic mass is 9.99. The van der Waals surface area contributed by atoms with Crippen molar-refractivity contribution >= 4 is 23.3 Å². The largest absolute Gasteiger partial charge is 0.454 e. The lowest BCUT2D eigenvalue weighted by Crippen LogP contribution is -2.15. The Morgan fingerprint density at radius 3 is 2.56 bits per heavy atom. The van der Waals surface area contributed by atoms with Crippen LogP contribution >= 0.6 is 0 Å². The fourth-order valence-electron chi connectivity index (χ4n) is 2.71. The summed E-state index contributed by atoms with van der Waals surface area (Å²) < 4.78 is 42.9. The number of Topliss-reactive ketones (excluding diaryl/α,β-unsaturated/α-hetero) is 1. The van der Waals surface area contributed by atoms with Crippen LogP contribution in [0.25, 0.3) is 0 Å². The van der Waals surface area contributed by atoms with Crippen molar-refractivity contribution < 1.29 is 32.3 Å². The van der Waals surface area contributed by atoms with Crippen molar-refractivity contribution in [3.63, 3.8) is 0 Å². The molecule has 0 unspecified atom stereocenters. The van der Waals surface area contributed by atoms with Crippen LogP contribution in [0.4, 0.5) is 18.9 Å². The van der Waals surface area contributed by atoms with E-state index in [0.29, 0.717) is 17.3 Å². The lowest BCUT2D eigenvalue weighted by Gasteiger charge is -2.09. The number of halogens is 3. The molecular formula is C19H14F3NO4. The van der Waals surface area contributed by atoms with Crippen LogP contribution in [0.15, 0.2) is 42.5 Å². The normalized spacial score (nSPS) is 15.9. The van der Waals surface area contributed by atoms with E-state index in [1.165, 1.54) is 12.1 Å². The second-order valence-electron chi connectivity index (χ2n) is 6.09. The fraction of sp³-hybridized carbons (Fsp3) is 0.211. The summed E-state index contributed by atoms with van der Waals surface area (Å²) >= 11 is 0. The molecular weight excluding hydrogens is 363 g/mol. The predicted octanol–water partition coefficient (Wildman–Crippen LogP) is 3.80. The molecule has 1 aliphatic rings. The average molecular weight is 377 g/mol. The Balaban J connectivity index is 1.68. The van der Waals surface area contributed by atoms with E-state index in [4.69, 9.17) is 4.74 Å². The summed E-state index contributed by atoms with van der Waals surface area (Å²) in [6.07, 6.45) is -4.58. The number of ether oxygens (including phenoxy) is 1. The van der Waals surface area contributed by atoms with Crippen LogP contribution in [0.3, 0.4) is 0 Å². The zero-order valence-electron chi connectivity index (χ0n) is 14.1. The molecule has 140 valence electrons. The minimum atomic E-state index is -4.58. The van der Waals surface area contributed by atoms with Gasteiger partial charge in [-0.2, -0.15) is 13.2 Å². The first-order valence-corrected chi connectivity index (χ1v) is 7.99. The van der Waals surface area contributed by atoms with E-state index in [2.05, 4.69) is 5.32 Å². The maximum atomic E-state index is 12.7. The van der Waals surface area contributed by atoms with Crippen molar-refractivity contribution in [3.05, 3.63) is 64.7 Å². The van der Waals surface area contributed by atoms with Crippen LogP contribution in [-0.4, -0.2) is 24.3 Å². The minimum absolute atomic E-state index is 0.175. The first-order valence-electron chi connectivity index (χ1n) is 7.99. The molecule has 0 spiro atoms. The van der Waals surface area contributed by atoms with Crippen molar-refractivity contribution in [2.75, 3.05) is 11.9 Å². The Morgan fingerprint density at radius 1 is 1.11 bits per heavy atom. The van der Waals surface area contributed by atoms with Crippen molar-refractivity contribution in [1.82, 2.24) is 0 Å². The van der Waals surface area contributed by atoms with E-state index in [9.17, 15) is 27.6 Å². The topological polar surface area (TPSA) is 72.5 Å². The molecule has 0 aromatic heterocycles. The number of carbonyl (C=O) groups excluding carboxylic acids is 3. The second-order valence-corrected chi connectivity index (χ2v) is 6.09. The van der Waals surface area contributed by atoms with Gasteiger partial charge in [-0.1, -0.05) is 6.07 Å². The summed E-state index contributed by atoms with van der Waals surface area (Å²) in [5, 5.41) is 2.67. The molecule has 27 heavy (non-hydrogen) atoms. The van der Waals surface area contributed by atoms with Gasteiger partial charge in [0.15, 0.2) is 12.4 Å². The Morgan fingerprint density at radius 2 is 1.85 bits per heavy atom. The van der Waals surface area contributed by atoms with Crippen molar-refractivity contribution in [1.29, 1.82) is 0 Å². The van der Waals surface area contributed by atoms with Gasteiger partial charge in [0.1, 0.15) is 0 Å². The molecule has 1 aliphatic heterocycles. The molecule has 0 fully saturated rings. The smallest absolute Gasteiger partial charge is 0.416 e. The number of carbonyl (C=O) groups is 3. The average Bonchev–Trinajstić information content (AvgIpc) is 2.92. The SMILES string of the molecule is C[C@@H]1C(=O)Nc2ccc(C(=O)COC(=O)c3cccc(C(F)(F)F)c3)cc21. The van der Waals surface area contributed by atoms with Gasteiger partial charge in [-0.25, -0.2) is 4.79 Å². The van der Waals surface area contributed by atoms with Gasteiger partial charge in [-0.3, -0.25) is 9.59 Å². The highest BCUT2D eigenvalue weighted by atomic mass is 19.4. The molecule has 1 atom stereocenters. The number of alkyl halides is 3. The quantitative estimate of drug-likeness (QED) is 0.650. The number of benzene rings is 2. The molecule has 1 heterocycles. The Labute approximate surface area is 152 Å². The monoisotopic (exact) mass is 377 g/mol. The number of nitrogens with one attached hydrogen (secondary N) is 1. The number of hydrogen-bond donors (Lipinski definition) is 1. The molecule has 0 bridgehead atoms. The summed E-state index contributed by atoms with van der Waals surface area (Å²) in [6, 6.07) is 8.38. The molecule has 8 heteroatoms. The van der Waals surface area contributed by atoms with Gasteiger partial charge in [0.25, 0.3) is 0 Å². The molecule has 1 amide bonds. The van der Waals surface area contributed by atoms with Gasteiger partial charge in [-0.05, 0) is 48.9 Å². The Kier molecular flexibility index (Phi) is 4.73. The lowest BCUT2D eigenvalue weighted by molar-refractivity contribution is -0.137.